The van der Waals surface area contributed by atoms with Crippen LogP contribution >= 0.6 is 11.6 Å². The van der Waals surface area contributed by atoms with Crippen molar-refractivity contribution in [2.75, 3.05) is 0 Å². The molecule has 0 unspecified atom stereocenters. The molecule has 1 aromatic carbocycles. The first-order valence-electron chi connectivity index (χ1n) is 5.20. The van der Waals surface area contributed by atoms with Crippen molar-refractivity contribution in [2.24, 2.45) is 0 Å². The van der Waals surface area contributed by atoms with Crippen molar-refractivity contribution >= 4 is 11.6 Å². The first kappa shape index (κ1) is 14.3. The van der Waals surface area contributed by atoms with E-state index in [0.29, 0.717) is 12.1 Å². The highest BCUT2D eigenvalue weighted by atomic mass is 35.5. The second-order valence-corrected chi connectivity index (χ2v) is 5.32. The topological polar surface area (TPSA) is 12.0 Å². The average Bonchev–Trinajstić information content (AvgIpc) is 2.13. The van der Waals surface area contributed by atoms with Crippen LogP contribution in [0.1, 0.15) is 31.9 Å². The van der Waals surface area contributed by atoms with Crippen LogP contribution in [-0.2, 0) is 12.7 Å². The van der Waals surface area contributed by atoms with Crippen LogP contribution in [0, 0.1) is 0 Å². The Hall–Kier alpha value is -0.740. The summed E-state index contributed by atoms with van der Waals surface area (Å²) in [7, 11) is 0. The maximum Gasteiger partial charge on any atom is 0.417 e. The molecule has 1 rings (SSSR count). The molecule has 0 aliphatic carbocycles. The van der Waals surface area contributed by atoms with Crippen molar-refractivity contribution in [1.29, 1.82) is 0 Å². The van der Waals surface area contributed by atoms with Crippen LogP contribution in [0.25, 0.3) is 0 Å². The molecule has 0 heterocycles. The van der Waals surface area contributed by atoms with Gasteiger partial charge in [-0.15, -0.1) is 0 Å². The number of benzene rings is 1. The van der Waals surface area contributed by atoms with Crippen LogP contribution in [0.5, 0.6) is 0 Å². The summed E-state index contributed by atoms with van der Waals surface area (Å²) < 4.78 is 37.8. The Morgan fingerprint density at radius 2 is 1.76 bits per heavy atom. The van der Waals surface area contributed by atoms with Gasteiger partial charge in [0.2, 0.25) is 0 Å². The van der Waals surface area contributed by atoms with Gasteiger partial charge in [-0.3, -0.25) is 0 Å². The van der Waals surface area contributed by atoms with Gasteiger partial charge in [0.15, 0.2) is 0 Å². The zero-order valence-corrected chi connectivity index (χ0v) is 10.7. The Morgan fingerprint density at radius 1 is 1.18 bits per heavy atom. The molecule has 0 radical (unpaired) electrons. The van der Waals surface area contributed by atoms with Gasteiger partial charge in [-0.2, -0.15) is 13.2 Å². The van der Waals surface area contributed by atoms with Crippen molar-refractivity contribution in [3.05, 3.63) is 34.3 Å². The van der Waals surface area contributed by atoms with Crippen LogP contribution in [0.15, 0.2) is 18.2 Å². The minimum absolute atomic E-state index is 0.141. The number of rotatable bonds is 2. The summed E-state index contributed by atoms with van der Waals surface area (Å²) in [5.74, 6) is 0. The van der Waals surface area contributed by atoms with Crippen LogP contribution in [0.4, 0.5) is 13.2 Å². The van der Waals surface area contributed by atoms with E-state index in [1.54, 1.807) is 6.07 Å². The molecule has 0 spiro atoms. The lowest BCUT2D eigenvalue weighted by Crippen LogP contribution is -2.35. The lowest BCUT2D eigenvalue weighted by molar-refractivity contribution is -0.137. The van der Waals surface area contributed by atoms with Crippen LogP contribution in [0.3, 0.4) is 0 Å². The lowest BCUT2D eigenvalue weighted by atomic mass is 10.1. The molecular formula is C12H15ClF3N. The summed E-state index contributed by atoms with van der Waals surface area (Å²) in [5, 5.41) is 2.86. The molecule has 96 valence electrons. The molecule has 0 atom stereocenters. The van der Waals surface area contributed by atoms with Crippen molar-refractivity contribution in [2.45, 2.75) is 39.0 Å². The van der Waals surface area contributed by atoms with E-state index in [2.05, 4.69) is 5.32 Å². The molecule has 0 amide bonds. The van der Waals surface area contributed by atoms with Gasteiger partial charge in [0, 0.05) is 12.1 Å². The van der Waals surface area contributed by atoms with Crippen LogP contribution < -0.4 is 5.32 Å². The standard InChI is InChI=1S/C12H15ClF3N/c1-11(2,3)17-7-8-4-5-10(13)9(6-8)12(14,15)16/h4-6,17H,7H2,1-3H3. The first-order valence-corrected chi connectivity index (χ1v) is 5.58. The van der Waals surface area contributed by atoms with E-state index in [1.165, 1.54) is 6.07 Å². The SMILES string of the molecule is CC(C)(C)NCc1ccc(Cl)c(C(F)(F)F)c1. The summed E-state index contributed by atoms with van der Waals surface area (Å²) >= 11 is 5.53. The molecule has 0 aliphatic rings. The monoisotopic (exact) mass is 265 g/mol. The quantitative estimate of drug-likeness (QED) is 0.843. The van der Waals surface area contributed by atoms with E-state index < -0.39 is 11.7 Å². The molecule has 0 aliphatic heterocycles. The minimum atomic E-state index is -4.41. The van der Waals surface area contributed by atoms with Crippen molar-refractivity contribution in [3.63, 3.8) is 0 Å². The Labute approximate surface area is 104 Å². The number of alkyl halides is 3. The highest BCUT2D eigenvalue weighted by Crippen LogP contribution is 2.35. The summed E-state index contributed by atoms with van der Waals surface area (Å²) in [6.07, 6.45) is -4.41. The number of halogens is 4. The summed E-state index contributed by atoms with van der Waals surface area (Å²) in [6, 6.07) is 3.96. The number of hydrogen-bond acceptors (Lipinski definition) is 1. The number of nitrogens with one attached hydrogen (secondary N) is 1. The summed E-state index contributed by atoms with van der Waals surface area (Å²) in [4.78, 5) is 0. The van der Waals surface area contributed by atoms with E-state index in [-0.39, 0.29) is 10.6 Å². The third kappa shape index (κ3) is 4.56. The van der Waals surface area contributed by atoms with Gasteiger partial charge in [-0.1, -0.05) is 17.7 Å². The largest absolute Gasteiger partial charge is 0.417 e. The second kappa shape index (κ2) is 4.86. The first-order chi connectivity index (χ1) is 7.59. The molecule has 0 bridgehead atoms. The zero-order valence-electron chi connectivity index (χ0n) is 9.95. The highest BCUT2D eigenvalue weighted by molar-refractivity contribution is 6.31. The number of hydrogen-bond donors (Lipinski definition) is 1. The summed E-state index contributed by atoms with van der Waals surface area (Å²) in [6.45, 7) is 6.23. The fourth-order valence-corrected chi connectivity index (χ4v) is 1.49. The van der Waals surface area contributed by atoms with Gasteiger partial charge in [-0.05, 0) is 38.5 Å². The molecule has 1 nitrogen and oxygen atoms in total. The van der Waals surface area contributed by atoms with Crippen molar-refractivity contribution in [3.8, 4) is 0 Å². The van der Waals surface area contributed by atoms with Crippen LogP contribution in [0.2, 0.25) is 5.02 Å². The lowest BCUT2D eigenvalue weighted by Gasteiger charge is -2.21. The maximum atomic E-state index is 12.6. The Balaban J connectivity index is 2.90. The predicted octanol–water partition coefficient (Wildman–Crippen LogP) is 4.25. The molecule has 0 saturated heterocycles. The fourth-order valence-electron chi connectivity index (χ4n) is 1.27. The van der Waals surface area contributed by atoms with Gasteiger partial charge in [0.25, 0.3) is 0 Å². The van der Waals surface area contributed by atoms with E-state index >= 15 is 0 Å². The molecule has 0 fully saturated rings. The molecule has 0 saturated carbocycles. The third-order valence-corrected chi connectivity index (χ3v) is 2.49. The highest BCUT2D eigenvalue weighted by Gasteiger charge is 2.33. The van der Waals surface area contributed by atoms with E-state index in [1.807, 2.05) is 20.8 Å². The van der Waals surface area contributed by atoms with Gasteiger partial charge in [0.1, 0.15) is 0 Å². The summed E-state index contributed by atoms with van der Waals surface area (Å²) in [5.41, 5.74) is -0.359. The third-order valence-electron chi connectivity index (χ3n) is 2.16. The normalized spacial score (nSPS) is 12.9. The Kier molecular flexibility index (Phi) is 4.10. The Bertz CT molecular complexity index is 394. The van der Waals surface area contributed by atoms with E-state index in [9.17, 15) is 13.2 Å². The molecular weight excluding hydrogens is 251 g/mol. The fraction of sp³-hybridized carbons (Fsp3) is 0.500. The second-order valence-electron chi connectivity index (χ2n) is 4.92. The molecule has 1 aromatic rings. The van der Waals surface area contributed by atoms with E-state index in [0.717, 1.165) is 6.07 Å². The molecule has 5 heteroatoms. The van der Waals surface area contributed by atoms with Crippen LogP contribution in [-0.4, -0.2) is 5.54 Å². The zero-order chi connectivity index (χ0) is 13.3. The van der Waals surface area contributed by atoms with Gasteiger partial charge < -0.3 is 5.32 Å². The smallest absolute Gasteiger partial charge is 0.308 e. The Morgan fingerprint density at radius 3 is 2.24 bits per heavy atom. The minimum Gasteiger partial charge on any atom is -0.308 e. The molecule has 0 aromatic heterocycles. The van der Waals surface area contributed by atoms with Crippen molar-refractivity contribution < 1.29 is 13.2 Å². The predicted molar refractivity (Wildman–Crippen MR) is 63.0 cm³/mol. The van der Waals surface area contributed by atoms with Crippen molar-refractivity contribution in [1.82, 2.24) is 5.32 Å². The van der Waals surface area contributed by atoms with E-state index in [4.69, 9.17) is 11.6 Å². The maximum absolute atomic E-state index is 12.6. The molecule has 17 heavy (non-hydrogen) atoms. The van der Waals surface area contributed by atoms with Gasteiger partial charge >= 0.3 is 6.18 Å². The van der Waals surface area contributed by atoms with Gasteiger partial charge in [0.05, 0.1) is 10.6 Å². The average molecular weight is 266 g/mol. The van der Waals surface area contributed by atoms with Gasteiger partial charge in [-0.25, -0.2) is 0 Å². The molecule has 1 N–H and O–H groups in total.